The Kier molecular flexibility index (Phi) is 5.97. The van der Waals surface area contributed by atoms with Gasteiger partial charge in [-0.15, -0.1) is 11.8 Å². The van der Waals surface area contributed by atoms with Crippen molar-refractivity contribution in [2.45, 2.75) is 12.4 Å². The number of ether oxygens (including phenoxy) is 1. The van der Waals surface area contributed by atoms with Crippen LogP contribution in [0, 0.1) is 0 Å². The second kappa shape index (κ2) is 6.24. The number of aliphatic hydroxyl groups is 1. The molecule has 4 heteroatoms. The van der Waals surface area contributed by atoms with Gasteiger partial charge in [0.2, 0.25) is 0 Å². The predicted molar refractivity (Wildman–Crippen MR) is 45.3 cm³/mol. The first kappa shape index (κ1) is 10.5. The van der Waals surface area contributed by atoms with Gasteiger partial charge in [-0.2, -0.15) is 0 Å². The first-order chi connectivity index (χ1) is 5.22. The number of carbonyl (C=O) groups is 1. The lowest BCUT2D eigenvalue weighted by Gasteiger charge is -2.06. The fraction of sp³-hybridized carbons (Fsp3) is 0.571. The third kappa shape index (κ3) is 4.86. The Labute approximate surface area is 70.4 Å². The average Bonchev–Trinajstić information content (AvgIpc) is 2.00. The van der Waals surface area contributed by atoms with Crippen LogP contribution in [0.5, 0.6) is 0 Å². The smallest absolute Gasteiger partial charge is 0.345 e. The molecule has 1 unspecified atom stereocenters. The van der Waals surface area contributed by atoms with Crippen molar-refractivity contribution in [1.82, 2.24) is 0 Å². The Morgan fingerprint density at radius 1 is 1.91 bits per heavy atom. The van der Waals surface area contributed by atoms with Crippen LogP contribution in [0.15, 0.2) is 12.7 Å². The molecule has 0 aliphatic rings. The van der Waals surface area contributed by atoms with Crippen LogP contribution in [0.1, 0.15) is 6.92 Å². The summed E-state index contributed by atoms with van der Waals surface area (Å²) >= 11 is 1.14. The van der Waals surface area contributed by atoms with Gasteiger partial charge in [-0.1, -0.05) is 19.6 Å². The molecule has 3 nitrogen and oxygen atoms in total. The molecular formula is C7H12O3S. The summed E-state index contributed by atoms with van der Waals surface area (Å²) in [6.45, 7) is 5.38. The minimum absolute atomic E-state index is 0.153. The number of aliphatic hydroxyl groups excluding tert-OH is 1. The van der Waals surface area contributed by atoms with E-state index in [1.807, 2.05) is 6.92 Å². The van der Waals surface area contributed by atoms with Gasteiger partial charge in [0.05, 0.1) is 0 Å². The van der Waals surface area contributed by atoms with Crippen molar-refractivity contribution in [1.29, 1.82) is 0 Å². The van der Waals surface area contributed by atoms with Crippen LogP contribution in [0.25, 0.3) is 0 Å². The largest absolute Gasteiger partial charge is 0.459 e. The molecule has 0 radical (unpaired) electrons. The van der Waals surface area contributed by atoms with E-state index in [1.165, 1.54) is 6.08 Å². The van der Waals surface area contributed by atoms with E-state index in [0.717, 1.165) is 11.8 Å². The fourth-order valence-corrected chi connectivity index (χ4v) is 0.958. The molecule has 0 fully saturated rings. The predicted octanol–water partition coefficient (Wildman–Crippen LogP) is 0.787. The van der Waals surface area contributed by atoms with Crippen molar-refractivity contribution in [3.8, 4) is 0 Å². The molecule has 0 rings (SSSR count). The molecule has 1 N–H and O–H groups in total. The van der Waals surface area contributed by atoms with Crippen molar-refractivity contribution in [3.63, 3.8) is 0 Å². The molecule has 0 amide bonds. The molecule has 0 aliphatic carbocycles. The first-order valence-electron chi connectivity index (χ1n) is 3.29. The third-order valence-corrected chi connectivity index (χ3v) is 1.71. The summed E-state index contributed by atoms with van der Waals surface area (Å²) in [5.74, 6) is 0.0846. The lowest BCUT2D eigenvalue weighted by molar-refractivity contribution is -0.147. The summed E-state index contributed by atoms with van der Waals surface area (Å²) in [6, 6.07) is 0. The third-order valence-electron chi connectivity index (χ3n) is 0.870. The monoisotopic (exact) mass is 176 g/mol. The van der Waals surface area contributed by atoms with Gasteiger partial charge in [0.15, 0.2) is 5.44 Å². The van der Waals surface area contributed by atoms with Crippen molar-refractivity contribution in [2.24, 2.45) is 0 Å². The van der Waals surface area contributed by atoms with E-state index in [0.29, 0.717) is 5.75 Å². The number of rotatable bonds is 5. The van der Waals surface area contributed by atoms with E-state index in [9.17, 15) is 4.79 Å². The van der Waals surface area contributed by atoms with Gasteiger partial charge in [-0.3, -0.25) is 0 Å². The maximum absolute atomic E-state index is 10.8. The van der Waals surface area contributed by atoms with Crippen LogP contribution >= 0.6 is 11.8 Å². The second-order valence-corrected chi connectivity index (χ2v) is 3.08. The zero-order valence-electron chi connectivity index (χ0n) is 6.45. The van der Waals surface area contributed by atoms with Crippen molar-refractivity contribution < 1.29 is 14.6 Å². The highest BCUT2D eigenvalue weighted by Gasteiger charge is 2.14. The normalized spacial score (nSPS) is 12.2. The van der Waals surface area contributed by atoms with Gasteiger partial charge in [0.25, 0.3) is 0 Å². The molecule has 0 spiro atoms. The number of thioether (sulfide) groups is 1. The highest BCUT2D eigenvalue weighted by molar-refractivity contribution is 8.00. The number of esters is 1. The number of carbonyl (C=O) groups excluding carboxylic acids is 1. The molecule has 0 saturated carbocycles. The zero-order valence-corrected chi connectivity index (χ0v) is 7.26. The Bertz CT molecular complexity index is 136. The highest BCUT2D eigenvalue weighted by Crippen LogP contribution is 2.07. The van der Waals surface area contributed by atoms with Gasteiger partial charge in [0, 0.05) is 0 Å². The van der Waals surface area contributed by atoms with Crippen molar-refractivity contribution in [3.05, 3.63) is 12.7 Å². The molecule has 0 aromatic rings. The highest BCUT2D eigenvalue weighted by atomic mass is 32.2. The molecule has 0 aliphatic heterocycles. The van der Waals surface area contributed by atoms with E-state index < -0.39 is 11.4 Å². The summed E-state index contributed by atoms with van der Waals surface area (Å²) in [4.78, 5) is 10.8. The number of hydrogen-bond donors (Lipinski definition) is 1. The van der Waals surface area contributed by atoms with Crippen molar-refractivity contribution >= 4 is 17.7 Å². The Balaban J connectivity index is 3.54. The maximum atomic E-state index is 10.8. The van der Waals surface area contributed by atoms with Gasteiger partial charge >= 0.3 is 5.97 Å². The summed E-state index contributed by atoms with van der Waals surface area (Å²) in [7, 11) is 0. The van der Waals surface area contributed by atoms with Crippen molar-refractivity contribution in [2.75, 3.05) is 12.4 Å². The van der Waals surface area contributed by atoms with Crippen LogP contribution in [0.4, 0.5) is 0 Å². The van der Waals surface area contributed by atoms with Crippen LogP contribution in [-0.4, -0.2) is 28.9 Å². The van der Waals surface area contributed by atoms with Gasteiger partial charge in [-0.05, 0) is 5.75 Å². The Morgan fingerprint density at radius 3 is 3.00 bits per heavy atom. The van der Waals surface area contributed by atoms with E-state index in [-0.39, 0.29) is 6.61 Å². The maximum Gasteiger partial charge on any atom is 0.345 e. The second-order valence-electron chi connectivity index (χ2n) is 1.73. The molecule has 11 heavy (non-hydrogen) atoms. The van der Waals surface area contributed by atoms with Gasteiger partial charge in [-0.25, -0.2) is 4.79 Å². The molecule has 0 bridgehead atoms. The Hall–Kier alpha value is -0.480. The molecule has 0 heterocycles. The lowest BCUT2D eigenvalue weighted by Crippen LogP contribution is -2.19. The summed E-state index contributed by atoms with van der Waals surface area (Å²) in [5, 5.41) is 9.00. The average molecular weight is 176 g/mol. The van der Waals surface area contributed by atoms with Crippen LogP contribution in [0.2, 0.25) is 0 Å². The van der Waals surface area contributed by atoms with E-state index in [1.54, 1.807) is 0 Å². The molecule has 0 aromatic carbocycles. The van der Waals surface area contributed by atoms with Gasteiger partial charge in [0.1, 0.15) is 6.61 Å². The van der Waals surface area contributed by atoms with Crippen LogP contribution in [-0.2, 0) is 9.53 Å². The summed E-state index contributed by atoms with van der Waals surface area (Å²) in [5.41, 5.74) is -1.06. The van der Waals surface area contributed by atoms with E-state index in [2.05, 4.69) is 11.3 Å². The molecule has 0 saturated heterocycles. The molecule has 1 atom stereocenters. The van der Waals surface area contributed by atoms with Crippen LogP contribution in [0.3, 0.4) is 0 Å². The lowest BCUT2D eigenvalue weighted by atomic mass is 10.6. The summed E-state index contributed by atoms with van der Waals surface area (Å²) in [6.07, 6.45) is 1.46. The fourth-order valence-electron chi connectivity index (χ4n) is 0.438. The summed E-state index contributed by atoms with van der Waals surface area (Å²) < 4.78 is 4.58. The molecule has 0 aromatic heterocycles. The minimum atomic E-state index is -1.06. The SMILES string of the molecule is C=CCOC(=O)C(O)SCC. The molecular weight excluding hydrogens is 164 g/mol. The van der Waals surface area contributed by atoms with Crippen LogP contribution < -0.4 is 0 Å². The number of hydrogen-bond acceptors (Lipinski definition) is 4. The standard InChI is InChI=1S/C7H12O3S/c1-3-5-10-6(8)7(9)11-4-2/h3,7,9H,1,4-5H2,2H3. The topological polar surface area (TPSA) is 46.5 Å². The molecule has 64 valence electrons. The quantitative estimate of drug-likeness (QED) is 0.382. The first-order valence-corrected chi connectivity index (χ1v) is 4.34. The Morgan fingerprint density at radius 2 is 2.55 bits per heavy atom. The van der Waals surface area contributed by atoms with Gasteiger partial charge < -0.3 is 9.84 Å². The zero-order chi connectivity index (χ0) is 8.69. The minimum Gasteiger partial charge on any atom is -0.459 e. The van der Waals surface area contributed by atoms with E-state index in [4.69, 9.17) is 5.11 Å². The van der Waals surface area contributed by atoms with E-state index >= 15 is 0 Å².